The molecule has 2 aromatic carbocycles. The molecule has 0 aliphatic heterocycles. The number of oxazole rings is 1. The fourth-order valence-electron chi connectivity index (χ4n) is 4.93. The average Bonchev–Trinajstić information content (AvgIpc) is 3.11. The van der Waals surface area contributed by atoms with Crippen LogP contribution in [0.15, 0.2) is 57.7 Å². The summed E-state index contributed by atoms with van der Waals surface area (Å²) in [5, 5.41) is 0. The minimum atomic E-state index is -0.371. The molecule has 29 heavy (non-hydrogen) atoms. The van der Waals surface area contributed by atoms with E-state index in [2.05, 4.69) is 66.2 Å². The number of rotatable bonds is 7. The molecule has 1 saturated carbocycles. The lowest BCUT2D eigenvalue weighted by Crippen LogP contribution is -2.43. The number of hydrogen-bond acceptors (Lipinski definition) is 3. The predicted octanol–water partition coefficient (Wildman–Crippen LogP) is 5.49. The quantitative estimate of drug-likeness (QED) is 0.578. The molecular weight excluding hydrogens is 360 g/mol. The smallest absolute Gasteiger partial charge is 0.408 e. The van der Waals surface area contributed by atoms with Gasteiger partial charge in [0.05, 0.1) is 5.52 Å². The van der Waals surface area contributed by atoms with Gasteiger partial charge >= 0.3 is 5.76 Å². The summed E-state index contributed by atoms with van der Waals surface area (Å²) < 4.78 is 5.25. The lowest BCUT2D eigenvalue weighted by molar-refractivity contribution is 0.114. The van der Waals surface area contributed by atoms with E-state index in [1.165, 1.54) is 49.8 Å². The normalized spacial score (nSPS) is 20.0. The monoisotopic (exact) mass is 392 g/mol. The van der Waals surface area contributed by atoms with Gasteiger partial charge in [-0.25, -0.2) is 4.79 Å². The third-order valence-corrected chi connectivity index (χ3v) is 6.47. The molecule has 1 aromatic heterocycles. The van der Waals surface area contributed by atoms with Crippen LogP contribution in [0.2, 0.25) is 0 Å². The van der Waals surface area contributed by atoms with Crippen molar-refractivity contribution >= 4 is 11.1 Å². The largest absolute Gasteiger partial charge is 0.417 e. The number of benzene rings is 2. The minimum Gasteiger partial charge on any atom is -0.408 e. The molecule has 154 valence electrons. The molecule has 0 unspecified atom stereocenters. The molecule has 0 saturated heterocycles. The topological polar surface area (TPSA) is 49.2 Å². The highest BCUT2D eigenvalue weighted by molar-refractivity contribution is 5.72. The molecular formula is C25H32N2O2. The molecule has 1 aliphatic carbocycles. The van der Waals surface area contributed by atoms with Crippen LogP contribution in [0.5, 0.6) is 0 Å². The summed E-state index contributed by atoms with van der Waals surface area (Å²) in [7, 11) is 0. The minimum absolute atomic E-state index is 0.371. The number of hydrogen-bond donors (Lipinski definition) is 1. The van der Waals surface area contributed by atoms with Crippen LogP contribution < -0.4 is 5.76 Å². The van der Waals surface area contributed by atoms with Gasteiger partial charge in [-0.2, -0.15) is 0 Å². The van der Waals surface area contributed by atoms with Gasteiger partial charge in [0.15, 0.2) is 5.58 Å². The second kappa shape index (κ2) is 9.00. The van der Waals surface area contributed by atoms with Gasteiger partial charge in [-0.05, 0) is 88.1 Å². The van der Waals surface area contributed by atoms with Crippen molar-refractivity contribution in [1.29, 1.82) is 0 Å². The summed E-state index contributed by atoms with van der Waals surface area (Å²) >= 11 is 0. The summed E-state index contributed by atoms with van der Waals surface area (Å²) in [5.74, 6) is 0.193. The maximum Gasteiger partial charge on any atom is 0.417 e. The molecule has 4 nitrogen and oxygen atoms in total. The average molecular weight is 393 g/mol. The van der Waals surface area contributed by atoms with Gasteiger partial charge in [-0.3, -0.25) is 9.88 Å². The number of nitrogens with one attached hydrogen (secondary N) is 1. The summed E-state index contributed by atoms with van der Waals surface area (Å²) in [6.07, 6.45) is 7.25. The molecule has 3 aromatic rings. The molecule has 4 heteroatoms. The molecule has 0 atom stereocenters. The van der Waals surface area contributed by atoms with E-state index in [4.69, 9.17) is 4.42 Å². The van der Waals surface area contributed by atoms with Crippen LogP contribution in [0, 0.1) is 0 Å². The first kappa shape index (κ1) is 20.0. The van der Waals surface area contributed by atoms with Gasteiger partial charge in [-0.1, -0.05) is 36.4 Å². The van der Waals surface area contributed by atoms with E-state index in [9.17, 15) is 4.79 Å². The molecule has 1 aliphatic rings. The lowest BCUT2D eigenvalue weighted by Gasteiger charge is -2.39. The van der Waals surface area contributed by atoms with Crippen LogP contribution in [-0.4, -0.2) is 28.5 Å². The molecule has 1 N–H and O–H groups in total. The fraction of sp³-hybridized carbons (Fsp3) is 0.480. The second-order valence-corrected chi connectivity index (χ2v) is 8.70. The number of aryl methyl sites for hydroxylation is 1. The van der Waals surface area contributed by atoms with Gasteiger partial charge < -0.3 is 4.42 Å². The molecule has 0 spiro atoms. The van der Waals surface area contributed by atoms with E-state index < -0.39 is 0 Å². The summed E-state index contributed by atoms with van der Waals surface area (Å²) in [6.45, 7) is 5.83. The zero-order chi connectivity index (χ0) is 20.2. The fourth-order valence-corrected chi connectivity index (χ4v) is 4.93. The Morgan fingerprint density at radius 1 is 1.07 bits per heavy atom. The number of aromatic nitrogens is 1. The van der Waals surface area contributed by atoms with Crippen molar-refractivity contribution in [2.24, 2.45) is 0 Å². The Balaban J connectivity index is 1.34. The Morgan fingerprint density at radius 2 is 1.83 bits per heavy atom. The Morgan fingerprint density at radius 3 is 2.55 bits per heavy atom. The third-order valence-electron chi connectivity index (χ3n) is 6.47. The van der Waals surface area contributed by atoms with Crippen molar-refractivity contribution in [3.63, 3.8) is 0 Å². The summed E-state index contributed by atoms with van der Waals surface area (Å²) in [4.78, 5) is 16.8. The number of fused-ring (bicyclic) bond motifs is 1. The van der Waals surface area contributed by atoms with Crippen LogP contribution in [0.1, 0.15) is 63.0 Å². The van der Waals surface area contributed by atoms with E-state index in [1.54, 1.807) is 0 Å². The zero-order valence-corrected chi connectivity index (χ0v) is 17.6. The standard InChI is InChI=1S/C25H32N2O2/c1-18(2)27(16-6-9-19-7-4-3-5-8-19)22-13-10-20(11-14-22)21-12-15-23-24(17-21)29-25(28)26-23/h3-5,7-8,12,15,17-18,20,22H,6,9-11,13-14,16H2,1-2H3,(H,26,28). The maximum absolute atomic E-state index is 11.4. The highest BCUT2D eigenvalue weighted by atomic mass is 16.4. The molecule has 1 fully saturated rings. The van der Waals surface area contributed by atoms with Crippen molar-refractivity contribution in [3.8, 4) is 0 Å². The van der Waals surface area contributed by atoms with Crippen LogP contribution in [0.25, 0.3) is 11.1 Å². The highest BCUT2D eigenvalue weighted by Gasteiger charge is 2.28. The van der Waals surface area contributed by atoms with E-state index in [0.29, 0.717) is 23.6 Å². The van der Waals surface area contributed by atoms with E-state index in [-0.39, 0.29) is 5.76 Å². The van der Waals surface area contributed by atoms with Gasteiger partial charge in [0.2, 0.25) is 0 Å². The molecule has 0 radical (unpaired) electrons. The first-order valence-electron chi connectivity index (χ1n) is 11.0. The molecule has 4 rings (SSSR count). The van der Waals surface area contributed by atoms with Crippen molar-refractivity contribution in [3.05, 3.63) is 70.2 Å². The van der Waals surface area contributed by atoms with Crippen molar-refractivity contribution in [2.75, 3.05) is 6.54 Å². The van der Waals surface area contributed by atoms with E-state index in [0.717, 1.165) is 11.9 Å². The van der Waals surface area contributed by atoms with Gasteiger partial charge in [-0.15, -0.1) is 0 Å². The third kappa shape index (κ3) is 4.81. The number of H-pyrrole nitrogens is 1. The second-order valence-electron chi connectivity index (χ2n) is 8.70. The number of aromatic amines is 1. The SMILES string of the molecule is CC(C)N(CCCc1ccccc1)C1CCC(c2ccc3[nH]c(=O)oc3c2)CC1. The first-order valence-corrected chi connectivity index (χ1v) is 11.0. The van der Waals surface area contributed by atoms with Crippen molar-refractivity contribution in [2.45, 2.75) is 70.4 Å². The van der Waals surface area contributed by atoms with Crippen LogP contribution in [0.4, 0.5) is 0 Å². The predicted molar refractivity (Wildman–Crippen MR) is 118 cm³/mol. The Kier molecular flexibility index (Phi) is 6.19. The van der Waals surface area contributed by atoms with Crippen LogP contribution in [-0.2, 0) is 6.42 Å². The molecule has 0 amide bonds. The zero-order valence-electron chi connectivity index (χ0n) is 17.6. The Hall–Kier alpha value is -2.33. The lowest BCUT2D eigenvalue weighted by atomic mass is 9.81. The Bertz CT molecular complexity index is 965. The van der Waals surface area contributed by atoms with Gasteiger partial charge in [0.25, 0.3) is 0 Å². The first-order chi connectivity index (χ1) is 14.1. The van der Waals surface area contributed by atoms with Crippen molar-refractivity contribution in [1.82, 2.24) is 9.88 Å². The molecule has 1 heterocycles. The van der Waals surface area contributed by atoms with Crippen molar-refractivity contribution < 1.29 is 4.42 Å². The number of nitrogens with zero attached hydrogens (tertiary/aromatic N) is 1. The summed E-state index contributed by atoms with van der Waals surface area (Å²) in [5.41, 5.74) is 4.21. The van der Waals surface area contributed by atoms with Gasteiger partial charge in [0, 0.05) is 12.1 Å². The van der Waals surface area contributed by atoms with Crippen LogP contribution >= 0.6 is 0 Å². The summed E-state index contributed by atoms with van der Waals surface area (Å²) in [6, 6.07) is 18.3. The molecule has 0 bridgehead atoms. The van der Waals surface area contributed by atoms with Crippen LogP contribution in [0.3, 0.4) is 0 Å². The van der Waals surface area contributed by atoms with E-state index >= 15 is 0 Å². The highest BCUT2D eigenvalue weighted by Crippen LogP contribution is 2.36. The van der Waals surface area contributed by atoms with Gasteiger partial charge in [0.1, 0.15) is 0 Å². The Labute approximate surface area is 172 Å². The van der Waals surface area contributed by atoms with E-state index in [1.807, 2.05) is 6.07 Å². The maximum atomic E-state index is 11.4.